The van der Waals surface area contributed by atoms with Gasteiger partial charge in [0.05, 0.1) is 30.0 Å². The van der Waals surface area contributed by atoms with Crippen LogP contribution < -0.4 is 4.74 Å². The Morgan fingerprint density at radius 3 is 2.88 bits per heavy atom. The van der Waals surface area contributed by atoms with Crippen molar-refractivity contribution >= 4 is 22.2 Å². The number of imidazole rings is 1. The summed E-state index contributed by atoms with van der Waals surface area (Å²) in [6.07, 6.45) is 5.12. The largest absolute Gasteiger partial charge is 0.495 e. The minimum atomic E-state index is 0.623. The van der Waals surface area contributed by atoms with Gasteiger partial charge in [-0.2, -0.15) is 5.10 Å². The highest BCUT2D eigenvalue weighted by atomic mass is 16.5. The molecule has 0 atom stereocenters. The third-order valence-electron chi connectivity index (χ3n) is 4.13. The van der Waals surface area contributed by atoms with Crippen molar-refractivity contribution in [2.45, 2.75) is 0 Å². The summed E-state index contributed by atoms with van der Waals surface area (Å²) in [4.78, 5) is 21.0. The molecule has 0 saturated carbocycles. The van der Waals surface area contributed by atoms with Crippen LogP contribution in [0.1, 0.15) is 0 Å². The molecule has 0 spiro atoms. The van der Waals surface area contributed by atoms with E-state index in [2.05, 4.69) is 30.1 Å². The SMILES string of the molecule is COc1cncc(-c2ccc3[nH]nc(-c4nc5ncccc5[nH]4)c3n2)c1. The van der Waals surface area contributed by atoms with Crippen LogP contribution in [0.3, 0.4) is 0 Å². The summed E-state index contributed by atoms with van der Waals surface area (Å²) >= 11 is 0. The number of hydrogen-bond acceptors (Lipinski definition) is 6. The molecule has 0 aromatic carbocycles. The maximum Gasteiger partial charge on any atom is 0.178 e. The van der Waals surface area contributed by atoms with Gasteiger partial charge in [0.25, 0.3) is 0 Å². The maximum absolute atomic E-state index is 5.24. The molecule has 0 aliphatic rings. The molecule has 2 N–H and O–H groups in total. The van der Waals surface area contributed by atoms with Gasteiger partial charge in [-0.1, -0.05) is 0 Å². The highest BCUT2D eigenvalue weighted by Gasteiger charge is 2.15. The van der Waals surface area contributed by atoms with Crippen LogP contribution in [0.25, 0.3) is 45.0 Å². The van der Waals surface area contributed by atoms with Gasteiger partial charge in [-0.3, -0.25) is 10.1 Å². The van der Waals surface area contributed by atoms with E-state index in [1.165, 1.54) is 0 Å². The van der Waals surface area contributed by atoms with Crippen molar-refractivity contribution in [2.75, 3.05) is 7.11 Å². The Bertz CT molecular complexity index is 1210. The zero-order chi connectivity index (χ0) is 17.5. The third-order valence-corrected chi connectivity index (χ3v) is 4.13. The molecule has 0 radical (unpaired) electrons. The zero-order valence-electron chi connectivity index (χ0n) is 13.8. The summed E-state index contributed by atoms with van der Waals surface area (Å²) < 4.78 is 5.24. The molecule has 0 aliphatic heterocycles. The molecule has 0 saturated heterocycles. The molecular weight excluding hydrogens is 330 g/mol. The van der Waals surface area contributed by atoms with Crippen molar-refractivity contribution in [3.05, 3.63) is 48.9 Å². The van der Waals surface area contributed by atoms with Crippen LogP contribution >= 0.6 is 0 Å². The summed E-state index contributed by atoms with van der Waals surface area (Å²) in [5, 5.41) is 7.38. The van der Waals surface area contributed by atoms with Crippen LogP contribution in [0.5, 0.6) is 5.75 Å². The van der Waals surface area contributed by atoms with Crippen molar-refractivity contribution in [1.29, 1.82) is 0 Å². The zero-order valence-corrected chi connectivity index (χ0v) is 13.8. The molecular formula is C18H13N7O. The summed E-state index contributed by atoms with van der Waals surface area (Å²) in [6, 6.07) is 9.54. The average Bonchev–Trinajstić information content (AvgIpc) is 3.31. The normalized spacial score (nSPS) is 11.3. The Labute approximate surface area is 147 Å². The number of hydrogen-bond donors (Lipinski definition) is 2. The first kappa shape index (κ1) is 14.5. The number of ether oxygens (including phenoxy) is 1. The fourth-order valence-electron chi connectivity index (χ4n) is 2.85. The van der Waals surface area contributed by atoms with Crippen molar-refractivity contribution < 1.29 is 4.74 Å². The van der Waals surface area contributed by atoms with Crippen LogP contribution in [0.4, 0.5) is 0 Å². The molecule has 5 aromatic rings. The predicted molar refractivity (Wildman–Crippen MR) is 96.6 cm³/mol. The van der Waals surface area contributed by atoms with Gasteiger partial charge in [0, 0.05) is 18.0 Å². The predicted octanol–water partition coefficient (Wildman–Crippen LogP) is 2.97. The van der Waals surface area contributed by atoms with E-state index in [1.54, 1.807) is 25.7 Å². The number of nitrogens with zero attached hydrogens (tertiary/aromatic N) is 5. The molecule has 0 bridgehead atoms. The minimum Gasteiger partial charge on any atom is -0.495 e. The molecule has 0 amide bonds. The molecule has 126 valence electrons. The van der Waals surface area contributed by atoms with E-state index in [4.69, 9.17) is 9.72 Å². The Morgan fingerprint density at radius 1 is 1.04 bits per heavy atom. The van der Waals surface area contributed by atoms with Gasteiger partial charge in [-0.15, -0.1) is 0 Å². The Hall–Kier alpha value is -3.81. The number of rotatable bonds is 3. The minimum absolute atomic E-state index is 0.623. The molecule has 5 rings (SSSR count). The lowest BCUT2D eigenvalue weighted by atomic mass is 10.1. The van der Waals surface area contributed by atoms with Crippen LogP contribution in [0, 0.1) is 0 Å². The summed E-state index contributed by atoms with van der Waals surface area (Å²) in [5.74, 6) is 1.30. The van der Waals surface area contributed by atoms with Crippen LogP contribution in [0.2, 0.25) is 0 Å². The summed E-state index contributed by atoms with van der Waals surface area (Å²) in [5.41, 5.74) is 5.34. The van der Waals surface area contributed by atoms with Crippen LogP contribution in [-0.2, 0) is 0 Å². The van der Waals surface area contributed by atoms with E-state index in [0.717, 1.165) is 27.8 Å². The molecule has 0 unspecified atom stereocenters. The Balaban J connectivity index is 1.67. The van der Waals surface area contributed by atoms with E-state index < -0.39 is 0 Å². The molecule has 5 heterocycles. The first-order chi connectivity index (χ1) is 12.8. The lowest BCUT2D eigenvalue weighted by Crippen LogP contribution is -1.89. The molecule has 8 heteroatoms. The van der Waals surface area contributed by atoms with Gasteiger partial charge in [-0.05, 0) is 30.3 Å². The molecule has 0 aliphatic carbocycles. The number of aromatic nitrogens is 7. The lowest BCUT2D eigenvalue weighted by molar-refractivity contribution is 0.413. The standard InChI is InChI=1S/C18H13N7O/c1-26-11-7-10(8-19-9-11)12-4-5-13-15(21-12)16(25-24-13)18-22-14-3-2-6-20-17(14)23-18/h2-9H,1H3,(H,24,25)(H,20,22,23). The van der Waals surface area contributed by atoms with E-state index in [0.29, 0.717) is 22.9 Å². The monoisotopic (exact) mass is 343 g/mol. The van der Waals surface area contributed by atoms with Crippen molar-refractivity contribution in [1.82, 2.24) is 35.1 Å². The third kappa shape index (κ3) is 2.27. The lowest BCUT2D eigenvalue weighted by Gasteiger charge is -2.03. The van der Waals surface area contributed by atoms with Crippen LogP contribution in [0.15, 0.2) is 48.9 Å². The fourth-order valence-corrected chi connectivity index (χ4v) is 2.85. The first-order valence-electron chi connectivity index (χ1n) is 7.97. The van der Waals surface area contributed by atoms with E-state index in [9.17, 15) is 0 Å². The van der Waals surface area contributed by atoms with Gasteiger partial charge in [0.15, 0.2) is 17.2 Å². The number of methoxy groups -OCH3 is 1. The van der Waals surface area contributed by atoms with Gasteiger partial charge in [0.1, 0.15) is 11.3 Å². The Kier molecular flexibility index (Phi) is 3.14. The van der Waals surface area contributed by atoms with Gasteiger partial charge < -0.3 is 9.72 Å². The fraction of sp³-hybridized carbons (Fsp3) is 0.0556. The molecule has 5 aromatic heterocycles. The number of nitrogens with one attached hydrogen (secondary N) is 2. The van der Waals surface area contributed by atoms with Crippen molar-refractivity contribution in [3.63, 3.8) is 0 Å². The second kappa shape index (κ2) is 5.62. The van der Waals surface area contributed by atoms with Gasteiger partial charge in [-0.25, -0.2) is 15.0 Å². The van der Waals surface area contributed by atoms with Gasteiger partial charge in [0.2, 0.25) is 0 Å². The number of pyridine rings is 3. The first-order valence-corrected chi connectivity index (χ1v) is 7.97. The highest BCUT2D eigenvalue weighted by Crippen LogP contribution is 2.28. The topological polar surface area (TPSA) is 105 Å². The van der Waals surface area contributed by atoms with E-state index in [1.807, 2.05) is 30.3 Å². The molecule has 26 heavy (non-hydrogen) atoms. The Morgan fingerprint density at radius 2 is 2.00 bits per heavy atom. The van der Waals surface area contributed by atoms with Crippen molar-refractivity contribution in [3.8, 4) is 28.5 Å². The second-order valence-corrected chi connectivity index (χ2v) is 5.74. The number of H-pyrrole nitrogens is 2. The highest BCUT2D eigenvalue weighted by molar-refractivity contribution is 5.90. The van der Waals surface area contributed by atoms with E-state index in [-0.39, 0.29) is 0 Å². The van der Waals surface area contributed by atoms with Crippen LogP contribution in [-0.4, -0.2) is 42.2 Å². The van der Waals surface area contributed by atoms with Crippen molar-refractivity contribution in [2.24, 2.45) is 0 Å². The van der Waals surface area contributed by atoms with E-state index >= 15 is 0 Å². The molecule has 8 nitrogen and oxygen atoms in total. The number of aromatic amines is 2. The quantitative estimate of drug-likeness (QED) is 0.522. The smallest absolute Gasteiger partial charge is 0.178 e. The number of fused-ring (bicyclic) bond motifs is 2. The molecule has 0 fully saturated rings. The summed E-state index contributed by atoms with van der Waals surface area (Å²) in [6.45, 7) is 0. The average molecular weight is 343 g/mol. The summed E-state index contributed by atoms with van der Waals surface area (Å²) in [7, 11) is 1.61. The second-order valence-electron chi connectivity index (χ2n) is 5.74. The maximum atomic E-state index is 5.24. The van der Waals surface area contributed by atoms with Gasteiger partial charge >= 0.3 is 0 Å².